The van der Waals surface area contributed by atoms with Crippen molar-refractivity contribution in [2.75, 3.05) is 25.0 Å². The number of hydrogen-bond donors (Lipinski definition) is 2. The monoisotopic (exact) mass is 465 g/mol. The van der Waals surface area contributed by atoms with Crippen LogP contribution < -0.4 is 10.9 Å². The van der Waals surface area contributed by atoms with Gasteiger partial charge in [0.05, 0.1) is 27.3 Å². The normalized spacial score (nSPS) is 15.5. The summed E-state index contributed by atoms with van der Waals surface area (Å²) in [6.45, 7) is 9.42. The van der Waals surface area contributed by atoms with Crippen molar-refractivity contribution < 1.29 is 0 Å². The largest absolute Gasteiger partial charge is 0.381 e. The lowest BCUT2D eigenvalue weighted by Gasteiger charge is -2.32. The Hall–Kier alpha value is -2.97. The first-order valence-electron chi connectivity index (χ1n) is 11.4. The van der Waals surface area contributed by atoms with Gasteiger partial charge < -0.3 is 15.2 Å². The Morgan fingerprint density at radius 1 is 1.15 bits per heavy atom. The molecule has 0 spiro atoms. The van der Waals surface area contributed by atoms with E-state index in [2.05, 4.69) is 32.1 Å². The van der Waals surface area contributed by atoms with E-state index in [0.29, 0.717) is 40.0 Å². The van der Waals surface area contributed by atoms with E-state index < -0.39 is 0 Å². The fourth-order valence-corrected chi connectivity index (χ4v) is 4.64. The summed E-state index contributed by atoms with van der Waals surface area (Å²) in [5.41, 5.74) is 4.10. The number of fused-ring (bicyclic) bond motifs is 2. The molecule has 5 rings (SSSR count). The smallest absolute Gasteiger partial charge is 0.258 e. The Kier molecular flexibility index (Phi) is 5.80. The summed E-state index contributed by atoms with van der Waals surface area (Å²) in [6, 6.07) is 3.96. The number of imidazole rings is 1. The van der Waals surface area contributed by atoms with E-state index in [0.717, 1.165) is 55.1 Å². The lowest BCUT2D eigenvalue weighted by atomic mass is 10.0. The maximum atomic E-state index is 12.8. The van der Waals surface area contributed by atoms with Crippen LogP contribution in [0.25, 0.3) is 16.7 Å². The van der Waals surface area contributed by atoms with Gasteiger partial charge in [-0.1, -0.05) is 18.5 Å². The third-order valence-corrected chi connectivity index (χ3v) is 6.83. The summed E-state index contributed by atoms with van der Waals surface area (Å²) >= 11 is 6.52. The quantitative estimate of drug-likeness (QED) is 0.466. The number of aromatic nitrogens is 5. The molecule has 0 atom stereocenters. The molecule has 8 nitrogen and oxygen atoms in total. The van der Waals surface area contributed by atoms with Gasteiger partial charge >= 0.3 is 0 Å². The molecule has 4 aromatic rings. The molecule has 9 heteroatoms. The lowest BCUT2D eigenvalue weighted by molar-refractivity contribution is 0.229. The van der Waals surface area contributed by atoms with Gasteiger partial charge in [-0.15, -0.1) is 0 Å². The summed E-state index contributed by atoms with van der Waals surface area (Å²) in [7, 11) is 0. The number of nitrogens with one attached hydrogen (secondary N) is 2. The Balaban J connectivity index is 1.42. The lowest BCUT2D eigenvalue weighted by Crippen LogP contribution is -2.38. The van der Waals surface area contributed by atoms with Gasteiger partial charge in [0.1, 0.15) is 5.82 Å². The third-order valence-electron chi connectivity index (χ3n) is 6.52. The summed E-state index contributed by atoms with van der Waals surface area (Å²) in [4.78, 5) is 31.9. The van der Waals surface area contributed by atoms with Crippen molar-refractivity contribution in [3.63, 3.8) is 0 Å². The van der Waals surface area contributed by atoms with E-state index in [4.69, 9.17) is 16.6 Å². The highest BCUT2D eigenvalue weighted by molar-refractivity contribution is 6.34. The van der Waals surface area contributed by atoms with E-state index in [1.807, 2.05) is 36.7 Å². The minimum atomic E-state index is -0.201. The predicted molar refractivity (Wildman–Crippen MR) is 131 cm³/mol. The van der Waals surface area contributed by atoms with Gasteiger partial charge in [-0.2, -0.15) is 0 Å². The number of rotatable bonds is 5. The van der Waals surface area contributed by atoms with Crippen LogP contribution in [0.2, 0.25) is 5.02 Å². The van der Waals surface area contributed by atoms with Crippen molar-refractivity contribution >= 4 is 34.0 Å². The van der Waals surface area contributed by atoms with Crippen LogP contribution in [-0.4, -0.2) is 54.9 Å². The van der Waals surface area contributed by atoms with Crippen LogP contribution in [0.3, 0.4) is 0 Å². The van der Waals surface area contributed by atoms with Crippen LogP contribution in [0.15, 0.2) is 29.3 Å². The number of piperidine rings is 1. The van der Waals surface area contributed by atoms with Crippen molar-refractivity contribution in [1.82, 2.24) is 29.2 Å². The molecule has 1 fully saturated rings. The molecule has 0 bridgehead atoms. The number of likely N-dealkylation sites (tertiary alicyclic amines) is 1. The van der Waals surface area contributed by atoms with Crippen LogP contribution >= 0.6 is 11.6 Å². The summed E-state index contributed by atoms with van der Waals surface area (Å²) in [6.07, 6.45) is 6.48. The van der Waals surface area contributed by atoms with Gasteiger partial charge in [0.25, 0.3) is 5.56 Å². The highest BCUT2D eigenvalue weighted by atomic mass is 35.5. The molecule has 1 aromatic carbocycles. The molecule has 1 saturated heterocycles. The Morgan fingerprint density at radius 2 is 1.94 bits per heavy atom. The number of halogens is 1. The number of anilines is 1. The zero-order valence-electron chi connectivity index (χ0n) is 19.2. The van der Waals surface area contributed by atoms with E-state index in [1.54, 1.807) is 6.07 Å². The van der Waals surface area contributed by atoms with Crippen LogP contribution in [0.4, 0.5) is 5.69 Å². The van der Waals surface area contributed by atoms with Gasteiger partial charge in [-0.05, 0) is 50.9 Å². The van der Waals surface area contributed by atoms with Crippen LogP contribution in [0, 0.1) is 13.8 Å². The number of nitrogens with zero attached hydrogens (tertiary/aromatic N) is 5. The molecular weight excluding hydrogens is 438 g/mol. The number of benzene rings is 1. The minimum Gasteiger partial charge on any atom is -0.381 e. The average molecular weight is 466 g/mol. The Labute approximate surface area is 197 Å². The molecule has 3 aromatic heterocycles. The molecule has 0 radical (unpaired) electrons. The van der Waals surface area contributed by atoms with E-state index in [9.17, 15) is 4.79 Å². The Bertz CT molecular complexity index is 1350. The molecule has 1 aliphatic rings. The van der Waals surface area contributed by atoms with Gasteiger partial charge in [0.2, 0.25) is 5.78 Å². The second-order valence-electron chi connectivity index (χ2n) is 8.84. The van der Waals surface area contributed by atoms with Crippen molar-refractivity contribution in [2.45, 2.75) is 46.1 Å². The second kappa shape index (κ2) is 8.76. The first kappa shape index (κ1) is 21.9. The number of H-pyrrole nitrogens is 1. The third kappa shape index (κ3) is 4.45. The fraction of sp³-hybridized carbons (Fsp3) is 0.417. The van der Waals surface area contributed by atoms with Crippen molar-refractivity contribution in [3.05, 3.63) is 62.7 Å². The molecule has 33 heavy (non-hydrogen) atoms. The van der Waals surface area contributed by atoms with E-state index in [-0.39, 0.29) is 5.56 Å². The van der Waals surface area contributed by atoms with Crippen LogP contribution in [0.5, 0.6) is 0 Å². The first-order valence-corrected chi connectivity index (χ1v) is 11.8. The van der Waals surface area contributed by atoms with E-state index >= 15 is 0 Å². The molecule has 4 heterocycles. The second-order valence-corrected chi connectivity index (χ2v) is 9.25. The van der Waals surface area contributed by atoms with Crippen molar-refractivity contribution in [2.24, 2.45) is 0 Å². The average Bonchev–Trinajstić information content (AvgIpc) is 3.16. The Morgan fingerprint density at radius 3 is 2.70 bits per heavy atom. The number of hydrogen-bond acceptors (Lipinski definition) is 6. The van der Waals surface area contributed by atoms with E-state index in [1.165, 1.54) is 0 Å². The van der Waals surface area contributed by atoms with Gasteiger partial charge in [-0.25, -0.2) is 15.0 Å². The first-order chi connectivity index (χ1) is 15.9. The van der Waals surface area contributed by atoms with Gasteiger partial charge in [0, 0.05) is 43.6 Å². The molecule has 0 aliphatic carbocycles. The number of aryl methyl sites for hydroxylation is 2. The topological polar surface area (TPSA) is 91.2 Å². The predicted octanol–water partition coefficient (Wildman–Crippen LogP) is 3.72. The maximum absolute atomic E-state index is 12.8. The molecule has 1 aliphatic heterocycles. The van der Waals surface area contributed by atoms with Gasteiger partial charge in [-0.3, -0.25) is 9.20 Å². The molecule has 2 N–H and O–H groups in total. The highest BCUT2D eigenvalue weighted by Crippen LogP contribution is 2.28. The maximum Gasteiger partial charge on any atom is 0.258 e. The molecular formula is C24H28ClN7O. The molecule has 0 unspecified atom stereocenters. The SMILES string of the molecule is CCN1CCC(Nc2cc3nc(Cc4cn5cc(C)c(C)nc5n4)[nH]c(=O)c3cc2Cl)CC1. The summed E-state index contributed by atoms with van der Waals surface area (Å²) < 4.78 is 1.91. The van der Waals surface area contributed by atoms with Crippen molar-refractivity contribution in [3.8, 4) is 0 Å². The standard InChI is InChI=1S/C24H28ClN7O/c1-4-31-7-5-16(6-8-31)27-21-11-20-18(10-19(21)25)23(33)30-22(29-20)9-17-13-32-12-14(2)15(3)26-24(32)28-17/h10-13,16,27H,4-9H2,1-3H3,(H,29,30,33). The fourth-order valence-electron chi connectivity index (χ4n) is 4.42. The highest BCUT2D eigenvalue weighted by Gasteiger charge is 2.19. The van der Waals surface area contributed by atoms with Crippen LogP contribution in [0.1, 0.15) is 42.5 Å². The van der Waals surface area contributed by atoms with Crippen LogP contribution in [-0.2, 0) is 6.42 Å². The summed E-state index contributed by atoms with van der Waals surface area (Å²) in [5, 5.41) is 4.59. The number of aromatic amines is 1. The molecule has 0 amide bonds. The minimum absolute atomic E-state index is 0.201. The van der Waals surface area contributed by atoms with Gasteiger partial charge in [0.15, 0.2) is 0 Å². The zero-order valence-corrected chi connectivity index (χ0v) is 19.9. The van der Waals surface area contributed by atoms with Crippen molar-refractivity contribution in [1.29, 1.82) is 0 Å². The zero-order chi connectivity index (χ0) is 23.1. The molecule has 172 valence electrons. The summed E-state index contributed by atoms with van der Waals surface area (Å²) in [5.74, 6) is 1.21. The molecule has 0 saturated carbocycles.